The maximum absolute atomic E-state index is 13.8. The van der Waals surface area contributed by atoms with E-state index in [1.54, 1.807) is 19.9 Å². The van der Waals surface area contributed by atoms with E-state index in [4.69, 9.17) is 10.5 Å². The summed E-state index contributed by atoms with van der Waals surface area (Å²) in [5.41, 5.74) is 6.05. The Morgan fingerprint density at radius 1 is 1.43 bits per heavy atom. The summed E-state index contributed by atoms with van der Waals surface area (Å²) < 4.78 is 19.1. The van der Waals surface area contributed by atoms with E-state index in [2.05, 4.69) is 15.9 Å². The SMILES string of the molecule is CC=C(CC(C)(C(C)=O)C(=O)OCC)c1cc(F)c(Br)cc1N. The summed E-state index contributed by atoms with van der Waals surface area (Å²) in [6.07, 6.45) is 1.81. The number of nitrogens with two attached hydrogens (primary N) is 1. The van der Waals surface area contributed by atoms with Gasteiger partial charge in [-0.25, -0.2) is 4.39 Å². The van der Waals surface area contributed by atoms with Crippen LogP contribution in [0.3, 0.4) is 0 Å². The lowest BCUT2D eigenvalue weighted by molar-refractivity contribution is -0.158. The average Bonchev–Trinajstić information content (AvgIpc) is 2.48. The van der Waals surface area contributed by atoms with Crippen LogP contribution < -0.4 is 5.73 Å². The molecule has 1 atom stereocenters. The number of ketones is 1. The van der Waals surface area contributed by atoms with Crippen molar-refractivity contribution in [1.29, 1.82) is 0 Å². The Morgan fingerprint density at radius 2 is 2.04 bits per heavy atom. The van der Waals surface area contributed by atoms with Crippen LogP contribution in [-0.2, 0) is 14.3 Å². The summed E-state index contributed by atoms with van der Waals surface area (Å²) in [5, 5.41) is 0. The standard InChI is InChI=1S/C17H21BrFNO3/c1-5-11(12-7-14(19)13(18)8-15(12)20)9-17(4,10(3)21)16(22)23-6-2/h5,7-8H,6,9,20H2,1-4H3. The second-order valence-corrected chi connectivity index (χ2v) is 6.31. The molecule has 23 heavy (non-hydrogen) atoms. The number of allylic oxidation sites excluding steroid dienone is 2. The molecular formula is C17H21BrFNO3. The number of carbonyl (C=O) groups is 2. The quantitative estimate of drug-likeness (QED) is 0.454. The number of nitrogen functional groups attached to an aromatic ring is 1. The molecular weight excluding hydrogens is 365 g/mol. The fraction of sp³-hybridized carbons (Fsp3) is 0.412. The monoisotopic (exact) mass is 385 g/mol. The average molecular weight is 386 g/mol. The Balaban J connectivity index is 3.28. The number of anilines is 1. The minimum absolute atomic E-state index is 0.0862. The van der Waals surface area contributed by atoms with Crippen LogP contribution in [0.4, 0.5) is 10.1 Å². The molecule has 0 radical (unpaired) electrons. The van der Waals surface area contributed by atoms with E-state index in [0.717, 1.165) is 0 Å². The first-order valence-electron chi connectivity index (χ1n) is 7.25. The summed E-state index contributed by atoms with van der Waals surface area (Å²) in [6.45, 7) is 6.48. The Hall–Kier alpha value is -1.69. The van der Waals surface area contributed by atoms with Crippen LogP contribution in [0.25, 0.3) is 5.57 Å². The largest absolute Gasteiger partial charge is 0.465 e. The number of hydrogen-bond acceptors (Lipinski definition) is 4. The predicted molar refractivity (Wildman–Crippen MR) is 92.2 cm³/mol. The van der Waals surface area contributed by atoms with Crippen LogP contribution >= 0.6 is 15.9 Å². The molecule has 0 fully saturated rings. The summed E-state index contributed by atoms with van der Waals surface area (Å²) in [7, 11) is 0. The number of halogens is 2. The molecule has 0 aliphatic rings. The number of esters is 1. The van der Waals surface area contributed by atoms with Gasteiger partial charge in [0, 0.05) is 11.3 Å². The molecule has 4 nitrogen and oxygen atoms in total. The Kier molecular flexibility index (Phi) is 6.50. The topological polar surface area (TPSA) is 69.4 Å². The van der Waals surface area contributed by atoms with Gasteiger partial charge in [-0.15, -0.1) is 0 Å². The molecule has 1 unspecified atom stereocenters. The van der Waals surface area contributed by atoms with Crippen molar-refractivity contribution >= 4 is 38.9 Å². The molecule has 1 aromatic rings. The van der Waals surface area contributed by atoms with Gasteiger partial charge in [-0.05, 0) is 67.8 Å². The maximum atomic E-state index is 13.8. The summed E-state index contributed by atoms with van der Waals surface area (Å²) in [5.74, 6) is -1.37. The van der Waals surface area contributed by atoms with Gasteiger partial charge in [0.2, 0.25) is 0 Å². The highest BCUT2D eigenvalue weighted by Crippen LogP contribution is 2.37. The van der Waals surface area contributed by atoms with Crippen LogP contribution in [0.15, 0.2) is 22.7 Å². The first-order valence-corrected chi connectivity index (χ1v) is 8.05. The predicted octanol–water partition coefficient (Wildman–Crippen LogP) is 4.12. The Morgan fingerprint density at radius 3 is 2.52 bits per heavy atom. The van der Waals surface area contributed by atoms with E-state index in [1.807, 2.05) is 0 Å². The third kappa shape index (κ3) is 4.19. The third-order valence-electron chi connectivity index (χ3n) is 3.83. The van der Waals surface area contributed by atoms with Crippen LogP contribution in [-0.4, -0.2) is 18.4 Å². The highest BCUT2D eigenvalue weighted by atomic mass is 79.9. The molecule has 0 aliphatic carbocycles. The lowest BCUT2D eigenvalue weighted by atomic mass is 9.78. The molecule has 1 rings (SSSR count). The number of ether oxygens (including phenoxy) is 1. The fourth-order valence-corrected chi connectivity index (χ4v) is 2.57. The van der Waals surface area contributed by atoms with Gasteiger partial charge < -0.3 is 10.5 Å². The smallest absolute Gasteiger partial charge is 0.319 e. The van der Waals surface area contributed by atoms with Gasteiger partial charge >= 0.3 is 5.97 Å². The summed E-state index contributed by atoms with van der Waals surface area (Å²) in [6, 6.07) is 2.75. The zero-order valence-electron chi connectivity index (χ0n) is 13.7. The van der Waals surface area contributed by atoms with Crippen LogP contribution in [0.2, 0.25) is 0 Å². The minimum Gasteiger partial charge on any atom is -0.465 e. The minimum atomic E-state index is -1.34. The van der Waals surface area contributed by atoms with Crippen molar-refractivity contribution < 1.29 is 18.7 Å². The molecule has 0 aliphatic heterocycles. The first kappa shape index (κ1) is 19.4. The van der Waals surface area contributed by atoms with Crippen molar-refractivity contribution in [3.8, 4) is 0 Å². The van der Waals surface area contributed by atoms with Gasteiger partial charge in [0.15, 0.2) is 0 Å². The molecule has 0 amide bonds. The molecule has 0 bridgehead atoms. The molecule has 1 aromatic carbocycles. The van der Waals surface area contributed by atoms with Gasteiger partial charge in [-0.2, -0.15) is 0 Å². The highest BCUT2D eigenvalue weighted by Gasteiger charge is 2.40. The van der Waals surface area contributed by atoms with Gasteiger partial charge in [-0.3, -0.25) is 9.59 Å². The van der Waals surface area contributed by atoms with Crippen LogP contribution in [0, 0.1) is 11.2 Å². The second kappa shape index (κ2) is 7.73. The fourth-order valence-electron chi connectivity index (χ4n) is 2.20. The Labute approximate surface area is 144 Å². The molecule has 0 saturated heterocycles. The van der Waals surface area contributed by atoms with Crippen LogP contribution in [0.1, 0.15) is 39.7 Å². The van der Waals surface area contributed by atoms with Gasteiger partial charge in [0.1, 0.15) is 17.0 Å². The highest BCUT2D eigenvalue weighted by molar-refractivity contribution is 9.10. The molecule has 6 heteroatoms. The summed E-state index contributed by atoms with van der Waals surface area (Å²) in [4.78, 5) is 24.2. The molecule has 2 N–H and O–H groups in total. The molecule has 0 heterocycles. The van der Waals surface area contributed by atoms with Crippen molar-refractivity contribution in [3.63, 3.8) is 0 Å². The number of rotatable bonds is 6. The number of Topliss-reactive ketones (excluding diaryl/α,β-unsaturated/α-hetero) is 1. The van der Waals surface area contributed by atoms with E-state index in [1.165, 1.54) is 26.0 Å². The Bertz CT molecular complexity index is 657. The van der Waals surface area contributed by atoms with Gasteiger partial charge in [0.25, 0.3) is 0 Å². The van der Waals surface area contributed by atoms with E-state index < -0.39 is 17.2 Å². The second-order valence-electron chi connectivity index (χ2n) is 5.45. The van der Waals surface area contributed by atoms with Crippen LogP contribution in [0.5, 0.6) is 0 Å². The van der Waals surface area contributed by atoms with E-state index >= 15 is 0 Å². The normalized spacial score (nSPS) is 14.3. The number of hydrogen-bond donors (Lipinski definition) is 1. The van der Waals surface area contributed by atoms with Crippen molar-refractivity contribution in [2.75, 3.05) is 12.3 Å². The summed E-state index contributed by atoms with van der Waals surface area (Å²) >= 11 is 3.08. The van der Waals surface area contributed by atoms with Crippen molar-refractivity contribution in [2.45, 2.75) is 34.1 Å². The van der Waals surface area contributed by atoms with E-state index in [0.29, 0.717) is 16.8 Å². The zero-order valence-corrected chi connectivity index (χ0v) is 15.3. The number of benzene rings is 1. The molecule has 0 aromatic heterocycles. The van der Waals surface area contributed by atoms with Crippen molar-refractivity contribution in [1.82, 2.24) is 0 Å². The van der Waals surface area contributed by atoms with E-state index in [-0.39, 0.29) is 23.3 Å². The van der Waals surface area contributed by atoms with E-state index in [9.17, 15) is 14.0 Å². The molecule has 0 spiro atoms. The molecule has 0 saturated carbocycles. The lowest BCUT2D eigenvalue weighted by Gasteiger charge is -2.26. The first-order chi connectivity index (χ1) is 10.7. The van der Waals surface area contributed by atoms with Crippen molar-refractivity contribution in [2.24, 2.45) is 5.41 Å². The number of carbonyl (C=O) groups excluding carboxylic acids is 2. The lowest BCUT2D eigenvalue weighted by Crippen LogP contribution is -2.37. The van der Waals surface area contributed by atoms with Gasteiger partial charge in [0.05, 0.1) is 11.1 Å². The molecule has 126 valence electrons. The third-order valence-corrected chi connectivity index (χ3v) is 4.44. The zero-order chi connectivity index (χ0) is 17.8. The van der Waals surface area contributed by atoms with Gasteiger partial charge in [-0.1, -0.05) is 6.08 Å². The van der Waals surface area contributed by atoms with Crippen molar-refractivity contribution in [3.05, 3.63) is 34.1 Å². The maximum Gasteiger partial charge on any atom is 0.319 e.